The van der Waals surface area contributed by atoms with Gasteiger partial charge in [-0.2, -0.15) is 0 Å². The van der Waals surface area contributed by atoms with Crippen molar-refractivity contribution in [3.63, 3.8) is 0 Å². The fraction of sp³-hybridized carbons (Fsp3) is 0.500. The molecule has 7 heteroatoms. The number of hydrogen-bond acceptors (Lipinski definition) is 3. The van der Waals surface area contributed by atoms with Gasteiger partial charge in [-0.25, -0.2) is 28.1 Å². The predicted molar refractivity (Wildman–Crippen MR) is 46.9 cm³/mol. The van der Waals surface area contributed by atoms with E-state index in [1.165, 1.54) is 14.1 Å². The topological polar surface area (TPSA) is 66.0 Å². The largest absolute Gasteiger partial charge is 0.335 e. The van der Waals surface area contributed by atoms with Crippen LogP contribution in [0.4, 0.5) is 0 Å². The van der Waals surface area contributed by atoms with Crippen LogP contribution in [0.1, 0.15) is 0 Å². The first-order valence-corrected chi connectivity index (χ1v) is 4.23. The van der Waals surface area contributed by atoms with E-state index in [0.29, 0.717) is 0 Å². The van der Waals surface area contributed by atoms with Crippen LogP contribution < -0.4 is 17.1 Å². The van der Waals surface area contributed by atoms with Crippen LogP contribution in [-0.2, 0) is 20.3 Å². The monoisotopic (exact) mass is 198 g/mol. The number of aromatic nitrogens is 3. The number of rotatable bonds is 1. The Morgan fingerprint density at radius 1 is 1.00 bits per heavy atom. The van der Waals surface area contributed by atoms with Crippen LogP contribution in [0.3, 0.4) is 0 Å². The molecule has 0 bridgehead atoms. The molecule has 6 nitrogen and oxygen atoms in total. The van der Waals surface area contributed by atoms with Crippen molar-refractivity contribution in [1.29, 1.82) is 0 Å². The molecule has 0 atom stereocenters. The Morgan fingerprint density at radius 3 is 1.69 bits per heavy atom. The summed E-state index contributed by atoms with van der Waals surface area (Å²) in [6.07, 6.45) is 0.0691. The third kappa shape index (κ3) is 1.30. The lowest BCUT2D eigenvalue weighted by atomic mass is 10.8. The van der Waals surface area contributed by atoms with Crippen LogP contribution in [0.2, 0.25) is 0 Å². The standard InChI is InChI=1S/C6H8N3O3Si/c1-7-4(10)8(2)6(12)9(3-13)5(7)11/h3H2,1-2H3. The Morgan fingerprint density at radius 2 is 1.38 bits per heavy atom. The molecule has 0 aliphatic carbocycles. The van der Waals surface area contributed by atoms with Crippen LogP contribution in [0, 0.1) is 0 Å². The Balaban J connectivity index is 3.89. The predicted octanol–water partition coefficient (Wildman–Crippen LogP) is -2.63. The second-order valence-electron chi connectivity index (χ2n) is 2.55. The lowest BCUT2D eigenvalue weighted by Gasteiger charge is -2.05. The summed E-state index contributed by atoms with van der Waals surface area (Å²) in [5, 5.41) is 0. The second-order valence-corrected chi connectivity index (χ2v) is 2.87. The van der Waals surface area contributed by atoms with Gasteiger partial charge < -0.3 is 0 Å². The van der Waals surface area contributed by atoms with Crippen LogP contribution >= 0.6 is 0 Å². The van der Waals surface area contributed by atoms with Gasteiger partial charge in [-0.15, -0.1) is 0 Å². The van der Waals surface area contributed by atoms with E-state index in [0.717, 1.165) is 13.7 Å². The van der Waals surface area contributed by atoms with Crippen LogP contribution in [0.5, 0.6) is 0 Å². The molecule has 0 aliphatic heterocycles. The molecule has 0 spiro atoms. The SMILES string of the molecule is Cn1c(=O)n(C)c(=O)n(C[Si])c1=O. The molecule has 0 fully saturated rings. The average Bonchev–Trinajstić information content (AvgIpc) is 2.13. The van der Waals surface area contributed by atoms with Crippen molar-refractivity contribution in [1.82, 2.24) is 13.7 Å². The Kier molecular flexibility index (Phi) is 2.37. The van der Waals surface area contributed by atoms with Gasteiger partial charge in [0.2, 0.25) is 0 Å². The van der Waals surface area contributed by atoms with E-state index in [-0.39, 0.29) is 6.17 Å². The van der Waals surface area contributed by atoms with Gasteiger partial charge in [-0.1, -0.05) is 0 Å². The maximum atomic E-state index is 11.3. The molecule has 1 aromatic heterocycles. The summed E-state index contributed by atoms with van der Waals surface area (Å²) in [6.45, 7) is 0. The molecule has 1 rings (SSSR count). The zero-order valence-corrected chi connectivity index (χ0v) is 8.27. The Hall–Kier alpha value is -1.37. The summed E-state index contributed by atoms with van der Waals surface area (Å²) in [7, 11) is 5.68. The molecule has 1 aromatic rings. The normalized spacial score (nSPS) is 10.4. The molecule has 69 valence electrons. The van der Waals surface area contributed by atoms with Crippen molar-refractivity contribution in [2.24, 2.45) is 14.1 Å². The van der Waals surface area contributed by atoms with Crippen LogP contribution in [-0.4, -0.2) is 23.9 Å². The first-order chi connectivity index (χ1) is 6.00. The highest BCUT2D eigenvalue weighted by molar-refractivity contribution is 6.06. The zero-order chi connectivity index (χ0) is 10.2. The Labute approximate surface area is 76.5 Å². The second kappa shape index (κ2) is 3.17. The van der Waals surface area contributed by atoms with Crippen molar-refractivity contribution in [3.8, 4) is 0 Å². The van der Waals surface area contributed by atoms with Crippen molar-refractivity contribution in [2.75, 3.05) is 0 Å². The van der Waals surface area contributed by atoms with Crippen molar-refractivity contribution in [3.05, 3.63) is 31.5 Å². The lowest BCUT2D eigenvalue weighted by molar-refractivity contribution is 0.544. The molecule has 1 heterocycles. The summed E-state index contributed by atoms with van der Waals surface area (Å²) >= 11 is 0. The van der Waals surface area contributed by atoms with Gasteiger partial charge in [0.1, 0.15) is 0 Å². The van der Waals surface area contributed by atoms with Gasteiger partial charge in [0, 0.05) is 20.3 Å². The molecule has 0 unspecified atom stereocenters. The molecule has 0 amide bonds. The van der Waals surface area contributed by atoms with Gasteiger partial charge in [0.05, 0.1) is 10.2 Å². The molecule has 0 saturated heterocycles. The van der Waals surface area contributed by atoms with E-state index in [9.17, 15) is 14.4 Å². The van der Waals surface area contributed by atoms with Crippen LogP contribution in [0.25, 0.3) is 0 Å². The van der Waals surface area contributed by atoms with E-state index in [2.05, 4.69) is 10.2 Å². The van der Waals surface area contributed by atoms with Crippen LogP contribution in [0.15, 0.2) is 14.4 Å². The first-order valence-electron chi connectivity index (χ1n) is 3.52. The fourth-order valence-corrected chi connectivity index (χ4v) is 1.24. The molecular weight excluding hydrogens is 190 g/mol. The van der Waals surface area contributed by atoms with Crippen molar-refractivity contribution in [2.45, 2.75) is 6.17 Å². The van der Waals surface area contributed by atoms with E-state index < -0.39 is 17.1 Å². The molecule has 0 aliphatic rings. The molecule has 3 radical (unpaired) electrons. The van der Waals surface area contributed by atoms with Gasteiger partial charge in [0.15, 0.2) is 0 Å². The fourth-order valence-electron chi connectivity index (χ4n) is 0.968. The van der Waals surface area contributed by atoms with E-state index in [1.807, 2.05) is 0 Å². The molecule has 13 heavy (non-hydrogen) atoms. The van der Waals surface area contributed by atoms with E-state index in [1.54, 1.807) is 0 Å². The van der Waals surface area contributed by atoms with Crippen molar-refractivity contribution < 1.29 is 0 Å². The molecule has 0 saturated carbocycles. The molecule has 0 aromatic carbocycles. The number of nitrogens with zero attached hydrogens (tertiary/aromatic N) is 3. The minimum Gasteiger partial charge on any atom is -0.249 e. The Bertz CT molecular complexity index is 455. The summed E-state index contributed by atoms with van der Waals surface area (Å²) in [5.74, 6) is 0. The van der Waals surface area contributed by atoms with E-state index >= 15 is 0 Å². The summed E-state index contributed by atoms with van der Waals surface area (Å²) in [5.41, 5.74) is -1.86. The average molecular weight is 198 g/mol. The quantitative estimate of drug-likeness (QED) is 0.464. The van der Waals surface area contributed by atoms with Crippen molar-refractivity contribution >= 4 is 10.2 Å². The smallest absolute Gasteiger partial charge is 0.249 e. The van der Waals surface area contributed by atoms with Gasteiger partial charge in [0.25, 0.3) is 0 Å². The third-order valence-corrected chi connectivity index (χ3v) is 2.08. The minimum absolute atomic E-state index is 0.0691. The summed E-state index contributed by atoms with van der Waals surface area (Å²) in [6, 6.07) is 0. The first kappa shape index (κ1) is 9.71. The number of hydrogen-bond donors (Lipinski definition) is 0. The van der Waals surface area contributed by atoms with Gasteiger partial charge >= 0.3 is 17.1 Å². The van der Waals surface area contributed by atoms with Gasteiger partial charge in [-0.05, 0) is 0 Å². The molecular formula is C6H8N3O3Si. The third-order valence-electron chi connectivity index (χ3n) is 1.77. The van der Waals surface area contributed by atoms with Gasteiger partial charge in [-0.3, -0.25) is 0 Å². The zero-order valence-electron chi connectivity index (χ0n) is 7.27. The lowest BCUT2D eigenvalue weighted by Crippen LogP contribution is -2.52. The highest BCUT2D eigenvalue weighted by Crippen LogP contribution is 1.63. The summed E-state index contributed by atoms with van der Waals surface area (Å²) < 4.78 is 2.67. The maximum absolute atomic E-state index is 11.3. The summed E-state index contributed by atoms with van der Waals surface area (Å²) in [4.78, 5) is 33.7. The highest BCUT2D eigenvalue weighted by Gasteiger charge is 2.07. The maximum Gasteiger partial charge on any atom is 0.335 e. The molecule has 0 N–H and O–H groups in total. The minimum atomic E-state index is -0.622. The highest BCUT2D eigenvalue weighted by atomic mass is 28.1. The van der Waals surface area contributed by atoms with E-state index in [4.69, 9.17) is 0 Å².